The summed E-state index contributed by atoms with van der Waals surface area (Å²) in [5, 5.41) is 6.94. The molecule has 0 bridgehead atoms. The molecule has 0 aliphatic heterocycles. The van der Waals surface area contributed by atoms with E-state index in [1.165, 1.54) is 4.88 Å². The maximum atomic E-state index is 11.8. The van der Waals surface area contributed by atoms with E-state index < -0.39 is 0 Å². The molecule has 0 unspecified atom stereocenters. The van der Waals surface area contributed by atoms with E-state index in [2.05, 4.69) is 10.4 Å². The number of nitrogens with zero attached hydrogens (tertiary/aromatic N) is 2. The molecule has 6 heteroatoms. The minimum atomic E-state index is -0.285. The fourth-order valence-corrected chi connectivity index (χ4v) is 2.66. The number of aromatic nitrogens is 2. The van der Waals surface area contributed by atoms with Crippen molar-refractivity contribution in [2.24, 2.45) is 0 Å². The first-order valence-corrected chi connectivity index (χ1v) is 6.87. The Hall–Kier alpha value is -1.33. The molecule has 1 atom stereocenters. The van der Waals surface area contributed by atoms with E-state index in [4.69, 9.17) is 11.6 Å². The van der Waals surface area contributed by atoms with Gasteiger partial charge in [-0.25, -0.2) is 0 Å². The van der Waals surface area contributed by atoms with Crippen molar-refractivity contribution in [1.82, 2.24) is 15.1 Å². The van der Waals surface area contributed by atoms with Crippen LogP contribution in [0.25, 0.3) is 0 Å². The molecule has 96 valence electrons. The third kappa shape index (κ3) is 3.34. The molecule has 1 amide bonds. The Morgan fingerprint density at radius 1 is 1.61 bits per heavy atom. The standard InChI is InChI=1S/C12H14ClN3OS/c1-9(16-8-2-6-15-16)12(17)14-7-5-10-3-4-11(13)18-10/h2-4,6,8-9H,5,7H2,1H3,(H,14,17)/t9-/m1/s1. The van der Waals surface area contributed by atoms with E-state index in [-0.39, 0.29) is 11.9 Å². The lowest BCUT2D eigenvalue weighted by Gasteiger charge is -2.12. The van der Waals surface area contributed by atoms with Crippen molar-refractivity contribution >= 4 is 28.8 Å². The predicted molar refractivity (Wildman–Crippen MR) is 73.0 cm³/mol. The van der Waals surface area contributed by atoms with Crippen molar-refractivity contribution in [3.63, 3.8) is 0 Å². The lowest BCUT2D eigenvalue weighted by Crippen LogP contribution is -2.32. The normalized spacial score (nSPS) is 12.3. The highest BCUT2D eigenvalue weighted by molar-refractivity contribution is 7.16. The molecule has 2 rings (SSSR count). The number of carbonyl (C=O) groups is 1. The van der Waals surface area contributed by atoms with Crippen LogP contribution in [-0.2, 0) is 11.2 Å². The van der Waals surface area contributed by atoms with Crippen molar-refractivity contribution in [2.45, 2.75) is 19.4 Å². The number of carbonyl (C=O) groups excluding carboxylic acids is 1. The molecule has 2 heterocycles. The van der Waals surface area contributed by atoms with Gasteiger partial charge in [-0.15, -0.1) is 11.3 Å². The van der Waals surface area contributed by atoms with Crippen molar-refractivity contribution in [3.05, 3.63) is 39.8 Å². The second-order valence-electron chi connectivity index (χ2n) is 3.91. The maximum Gasteiger partial charge on any atom is 0.244 e. The van der Waals surface area contributed by atoms with Gasteiger partial charge in [0, 0.05) is 23.8 Å². The first-order chi connectivity index (χ1) is 8.66. The second-order valence-corrected chi connectivity index (χ2v) is 5.71. The molecule has 1 N–H and O–H groups in total. The number of hydrogen-bond donors (Lipinski definition) is 1. The molecule has 0 radical (unpaired) electrons. The summed E-state index contributed by atoms with van der Waals surface area (Å²) in [6.07, 6.45) is 4.25. The second kappa shape index (κ2) is 6.02. The number of thiophene rings is 1. The SMILES string of the molecule is C[C@H](C(=O)NCCc1ccc(Cl)s1)n1cccn1. The number of amides is 1. The van der Waals surface area contributed by atoms with Crippen LogP contribution in [0.3, 0.4) is 0 Å². The number of rotatable bonds is 5. The molecule has 0 saturated carbocycles. The average Bonchev–Trinajstić information content (AvgIpc) is 2.99. The largest absolute Gasteiger partial charge is 0.354 e. The molecular weight excluding hydrogens is 270 g/mol. The van der Waals surface area contributed by atoms with E-state index in [0.29, 0.717) is 6.54 Å². The topological polar surface area (TPSA) is 46.9 Å². The van der Waals surface area contributed by atoms with Gasteiger partial charge in [0.2, 0.25) is 5.91 Å². The summed E-state index contributed by atoms with van der Waals surface area (Å²) < 4.78 is 2.42. The van der Waals surface area contributed by atoms with Gasteiger partial charge < -0.3 is 5.32 Å². The predicted octanol–water partition coefficient (Wildman–Crippen LogP) is 2.52. The molecule has 0 aliphatic rings. The Morgan fingerprint density at radius 2 is 2.44 bits per heavy atom. The Morgan fingerprint density at radius 3 is 3.06 bits per heavy atom. The molecule has 18 heavy (non-hydrogen) atoms. The molecule has 0 aliphatic carbocycles. The van der Waals surface area contributed by atoms with E-state index in [1.807, 2.05) is 19.1 Å². The van der Waals surface area contributed by atoms with Gasteiger partial charge in [-0.3, -0.25) is 9.48 Å². The van der Waals surface area contributed by atoms with E-state index in [9.17, 15) is 4.79 Å². The maximum absolute atomic E-state index is 11.8. The van der Waals surface area contributed by atoms with Gasteiger partial charge in [0.05, 0.1) is 4.34 Å². The fourth-order valence-electron chi connectivity index (χ4n) is 1.57. The zero-order valence-electron chi connectivity index (χ0n) is 9.97. The summed E-state index contributed by atoms with van der Waals surface area (Å²) in [6, 6.07) is 5.37. The van der Waals surface area contributed by atoms with Crippen LogP contribution in [0.2, 0.25) is 4.34 Å². The molecule has 4 nitrogen and oxygen atoms in total. The summed E-state index contributed by atoms with van der Waals surface area (Å²) in [6.45, 7) is 2.44. The Kier molecular flexibility index (Phi) is 4.38. The number of halogens is 1. The van der Waals surface area contributed by atoms with E-state index >= 15 is 0 Å². The lowest BCUT2D eigenvalue weighted by atomic mass is 10.3. The minimum Gasteiger partial charge on any atom is -0.354 e. The third-order valence-corrected chi connectivity index (χ3v) is 3.89. The van der Waals surface area contributed by atoms with Crippen molar-refractivity contribution in [1.29, 1.82) is 0 Å². The Balaban J connectivity index is 1.78. The monoisotopic (exact) mass is 283 g/mol. The summed E-state index contributed by atoms with van der Waals surface area (Å²) >= 11 is 7.38. The van der Waals surface area contributed by atoms with Crippen LogP contribution in [0, 0.1) is 0 Å². The average molecular weight is 284 g/mol. The fraction of sp³-hybridized carbons (Fsp3) is 0.333. The van der Waals surface area contributed by atoms with Crippen LogP contribution in [0.15, 0.2) is 30.6 Å². The van der Waals surface area contributed by atoms with Gasteiger partial charge >= 0.3 is 0 Å². The van der Waals surface area contributed by atoms with Crippen molar-refractivity contribution in [3.8, 4) is 0 Å². The van der Waals surface area contributed by atoms with Crippen LogP contribution in [-0.4, -0.2) is 22.2 Å². The quantitative estimate of drug-likeness (QED) is 0.916. The van der Waals surface area contributed by atoms with Gasteiger partial charge in [-0.1, -0.05) is 11.6 Å². The summed E-state index contributed by atoms with van der Waals surface area (Å²) in [7, 11) is 0. The highest BCUT2D eigenvalue weighted by atomic mass is 35.5. The summed E-state index contributed by atoms with van der Waals surface area (Å²) in [5.74, 6) is -0.0265. The number of nitrogens with one attached hydrogen (secondary N) is 1. The minimum absolute atomic E-state index is 0.0265. The first kappa shape index (κ1) is 13.1. The molecular formula is C12H14ClN3OS. The van der Waals surface area contributed by atoms with Crippen LogP contribution < -0.4 is 5.32 Å². The molecule has 2 aromatic heterocycles. The van der Waals surface area contributed by atoms with Gasteiger partial charge in [0.25, 0.3) is 0 Å². The van der Waals surface area contributed by atoms with Gasteiger partial charge in [0.1, 0.15) is 6.04 Å². The Labute approximate surface area is 115 Å². The lowest BCUT2D eigenvalue weighted by molar-refractivity contribution is -0.124. The van der Waals surface area contributed by atoms with E-state index in [0.717, 1.165) is 10.8 Å². The molecule has 0 fully saturated rings. The number of hydrogen-bond acceptors (Lipinski definition) is 3. The summed E-state index contributed by atoms with van der Waals surface area (Å²) in [5.41, 5.74) is 0. The Bertz CT molecular complexity index is 509. The highest BCUT2D eigenvalue weighted by Crippen LogP contribution is 2.21. The van der Waals surface area contributed by atoms with Crippen molar-refractivity contribution < 1.29 is 4.79 Å². The molecule has 0 aromatic carbocycles. The highest BCUT2D eigenvalue weighted by Gasteiger charge is 2.13. The summed E-state index contributed by atoms with van der Waals surface area (Å²) in [4.78, 5) is 13.0. The van der Waals surface area contributed by atoms with Crippen LogP contribution in [0.4, 0.5) is 0 Å². The molecule has 0 saturated heterocycles. The van der Waals surface area contributed by atoms with Gasteiger partial charge in [0.15, 0.2) is 0 Å². The van der Waals surface area contributed by atoms with Crippen molar-refractivity contribution in [2.75, 3.05) is 6.54 Å². The van der Waals surface area contributed by atoms with Gasteiger partial charge in [-0.2, -0.15) is 5.10 Å². The third-order valence-electron chi connectivity index (χ3n) is 2.60. The zero-order chi connectivity index (χ0) is 13.0. The molecule has 2 aromatic rings. The van der Waals surface area contributed by atoms with Crippen LogP contribution >= 0.6 is 22.9 Å². The zero-order valence-corrected chi connectivity index (χ0v) is 11.5. The van der Waals surface area contributed by atoms with Crippen LogP contribution in [0.5, 0.6) is 0 Å². The van der Waals surface area contributed by atoms with E-state index in [1.54, 1.807) is 34.5 Å². The van der Waals surface area contributed by atoms with Gasteiger partial charge in [-0.05, 0) is 31.5 Å². The smallest absolute Gasteiger partial charge is 0.244 e. The van der Waals surface area contributed by atoms with Crippen LogP contribution in [0.1, 0.15) is 17.8 Å². The molecule has 0 spiro atoms. The first-order valence-electron chi connectivity index (χ1n) is 5.68.